The zero-order valence-electron chi connectivity index (χ0n) is 12.1. The molecule has 0 unspecified atom stereocenters. The van der Waals surface area contributed by atoms with Gasteiger partial charge in [-0.2, -0.15) is 0 Å². The Kier molecular flexibility index (Phi) is 4.72. The summed E-state index contributed by atoms with van der Waals surface area (Å²) >= 11 is 0. The molecular weight excluding hydrogens is 239 g/mol. The molecule has 102 valence electrons. The molecule has 0 aliphatic carbocycles. The van der Waals surface area contributed by atoms with Crippen molar-refractivity contribution in [2.24, 2.45) is 0 Å². The SMILES string of the molecule is C=C/C(=C\C=C(/C=C)C=O)B1OC(C)(C)C(C)(C)O1. The van der Waals surface area contributed by atoms with Gasteiger partial charge in [-0.3, -0.25) is 4.79 Å². The molecule has 4 heteroatoms. The van der Waals surface area contributed by atoms with Gasteiger partial charge in [0.25, 0.3) is 0 Å². The second-order valence-corrected chi connectivity index (χ2v) is 5.45. The molecule has 0 aromatic carbocycles. The van der Waals surface area contributed by atoms with Gasteiger partial charge < -0.3 is 9.31 Å². The van der Waals surface area contributed by atoms with Crippen LogP contribution in [-0.4, -0.2) is 24.6 Å². The molecule has 1 saturated heterocycles. The van der Waals surface area contributed by atoms with Crippen molar-refractivity contribution in [2.75, 3.05) is 0 Å². The smallest absolute Gasteiger partial charge is 0.399 e. The molecule has 1 heterocycles. The molecule has 19 heavy (non-hydrogen) atoms. The minimum atomic E-state index is -0.475. The van der Waals surface area contributed by atoms with Gasteiger partial charge >= 0.3 is 7.12 Å². The highest BCUT2D eigenvalue weighted by Gasteiger charge is 2.51. The van der Waals surface area contributed by atoms with Crippen LogP contribution in [0.25, 0.3) is 0 Å². The Bertz CT molecular complexity index is 418. The van der Waals surface area contributed by atoms with Crippen molar-refractivity contribution in [3.8, 4) is 0 Å². The maximum atomic E-state index is 10.7. The summed E-state index contributed by atoms with van der Waals surface area (Å²) in [5.41, 5.74) is 0.487. The quantitative estimate of drug-likeness (QED) is 0.330. The third-order valence-electron chi connectivity index (χ3n) is 3.60. The molecule has 0 spiro atoms. The van der Waals surface area contributed by atoms with Crippen molar-refractivity contribution < 1.29 is 14.1 Å². The lowest BCUT2D eigenvalue weighted by molar-refractivity contribution is -0.104. The molecule has 1 fully saturated rings. The summed E-state index contributed by atoms with van der Waals surface area (Å²) in [5.74, 6) is 0. The molecule has 3 nitrogen and oxygen atoms in total. The maximum Gasteiger partial charge on any atom is 0.494 e. The predicted molar refractivity (Wildman–Crippen MR) is 78.7 cm³/mol. The number of carbonyl (C=O) groups is 1. The van der Waals surface area contributed by atoms with Gasteiger partial charge in [0.2, 0.25) is 0 Å². The van der Waals surface area contributed by atoms with Gasteiger partial charge in [-0.05, 0) is 33.2 Å². The van der Waals surface area contributed by atoms with Crippen LogP contribution in [0.4, 0.5) is 0 Å². The van der Waals surface area contributed by atoms with E-state index in [9.17, 15) is 4.79 Å². The molecule has 0 N–H and O–H groups in total. The van der Waals surface area contributed by atoms with E-state index in [0.29, 0.717) is 5.57 Å². The van der Waals surface area contributed by atoms with E-state index < -0.39 is 18.3 Å². The fourth-order valence-electron chi connectivity index (χ4n) is 1.57. The topological polar surface area (TPSA) is 35.5 Å². The second kappa shape index (κ2) is 5.72. The molecular formula is C15H21BO3. The summed E-state index contributed by atoms with van der Waals surface area (Å²) in [6.45, 7) is 15.3. The van der Waals surface area contributed by atoms with E-state index in [-0.39, 0.29) is 0 Å². The first-order valence-corrected chi connectivity index (χ1v) is 6.25. The van der Waals surface area contributed by atoms with Gasteiger partial charge in [0.05, 0.1) is 11.2 Å². The fourth-order valence-corrected chi connectivity index (χ4v) is 1.57. The molecule has 0 radical (unpaired) electrons. The first-order chi connectivity index (χ1) is 8.77. The van der Waals surface area contributed by atoms with E-state index >= 15 is 0 Å². The third-order valence-corrected chi connectivity index (χ3v) is 3.60. The van der Waals surface area contributed by atoms with Crippen LogP contribution in [0, 0.1) is 0 Å². The first-order valence-electron chi connectivity index (χ1n) is 6.25. The Hall–Kier alpha value is -1.39. The maximum absolute atomic E-state index is 10.7. The Balaban J connectivity index is 2.98. The number of hydrogen-bond acceptors (Lipinski definition) is 3. The minimum absolute atomic E-state index is 0.393. The van der Waals surface area contributed by atoms with Gasteiger partial charge in [0.15, 0.2) is 0 Å². The van der Waals surface area contributed by atoms with Crippen molar-refractivity contribution in [3.05, 3.63) is 48.5 Å². The Morgan fingerprint density at radius 2 is 1.53 bits per heavy atom. The summed E-state index contributed by atoms with van der Waals surface area (Å²) in [6, 6.07) is 0. The third kappa shape index (κ3) is 3.34. The van der Waals surface area contributed by atoms with Crippen LogP contribution in [0.1, 0.15) is 27.7 Å². The van der Waals surface area contributed by atoms with Crippen molar-refractivity contribution >= 4 is 13.4 Å². The normalized spacial score (nSPS) is 22.2. The highest BCUT2D eigenvalue weighted by molar-refractivity contribution is 6.55. The Labute approximate surface area is 115 Å². The molecule has 0 aromatic rings. The van der Waals surface area contributed by atoms with Gasteiger partial charge in [-0.25, -0.2) is 0 Å². The molecule has 0 amide bonds. The average molecular weight is 260 g/mol. The minimum Gasteiger partial charge on any atom is -0.399 e. The van der Waals surface area contributed by atoms with Crippen LogP contribution in [0.2, 0.25) is 0 Å². The van der Waals surface area contributed by atoms with Gasteiger partial charge in [-0.1, -0.05) is 37.5 Å². The van der Waals surface area contributed by atoms with Crippen LogP contribution in [0.3, 0.4) is 0 Å². The Morgan fingerprint density at radius 1 is 1.00 bits per heavy atom. The van der Waals surface area contributed by atoms with Crippen LogP contribution in [-0.2, 0) is 14.1 Å². The number of rotatable bonds is 5. The van der Waals surface area contributed by atoms with Crippen molar-refractivity contribution in [1.82, 2.24) is 0 Å². The molecule has 0 saturated carbocycles. The predicted octanol–water partition coefficient (Wildman–Crippen LogP) is 3.04. The lowest BCUT2D eigenvalue weighted by atomic mass is 9.78. The monoisotopic (exact) mass is 260 g/mol. The van der Waals surface area contributed by atoms with E-state index in [1.807, 2.05) is 27.7 Å². The number of carbonyl (C=O) groups excluding carboxylic acids is 1. The molecule has 1 aliphatic rings. The summed E-state index contributed by atoms with van der Waals surface area (Å²) in [5, 5.41) is 0. The summed E-state index contributed by atoms with van der Waals surface area (Å²) in [6.07, 6.45) is 7.34. The van der Waals surface area contributed by atoms with Crippen molar-refractivity contribution in [2.45, 2.75) is 38.9 Å². The molecule has 0 atom stereocenters. The number of hydrogen-bond donors (Lipinski definition) is 0. The Morgan fingerprint density at radius 3 is 1.89 bits per heavy atom. The van der Waals surface area contributed by atoms with E-state index in [4.69, 9.17) is 9.31 Å². The lowest BCUT2D eigenvalue weighted by Crippen LogP contribution is -2.41. The fraction of sp³-hybridized carbons (Fsp3) is 0.400. The van der Waals surface area contributed by atoms with Gasteiger partial charge in [0.1, 0.15) is 6.29 Å². The van der Waals surface area contributed by atoms with Gasteiger partial charge in [0, 0.05) is 5.57 Å². The van der Waals surface area contributed by atoms with Gasteiger partial charge in [-0.15, -0.1) is 0 Å². The highest BCUT2D eigenvalue weighted by Crippen LogP contribution is 2.38. The van der Waals surface area contributed by atoms with Crippen molar-refractivity contribution in [1.29, 1.82) is 0 Å². The van der Waals surface area contributed by atoms with Crippen LogP contribution >= 0.6 is 0 Å². The molecule has 0 aromatic heterocycles. The van der Waals surface area contributed by atoms with E-state index in [2.05, 4.69) is 13.2 Å². The molecule has 0 bridgehead atoms. The first kappa shape index (κ1) is 15.7. The molecule has 1 rings (SSSR count). The number of allylic oxidation sites excluding steroid dienone is 6. The van der Waals surface area contributed by atoms with Crippen LogP contribution < -0.4 is 0 Å². The number of aldehydes is 1. The van der Waals surface area contributed by atoms with Crippen LogP contribution in [0.5, 0.6) is 0 Å². The van der Waals surface area contributed by atoms with E-state index in [1.54, 1.807) is 18.2 Å². The second-order valence-electron chi connectivity index (χ2n) is 5.45. The summed E-state index contributed by atoms with van der Waals surface area (Å²) in [7, 11) is -0.475. The van der Waals surface area contributed by atoms with E-state index in [1.165, 1.54) is 6.08 Å². The average Bonchev–Trinajstić information content (AvgIpc) is 2.54. The summed E-state index contributed by atoms with van der Waals surface area (Å²) < 4.78 is 11.8. The largest absolute Gasteiger partial charge is 0.494 e. The standard InChI is InChI=1S/C15H21BO3/c1-7-12(11-17)9-10-13(8-2)16-18-14(3,4)15(5,6)19-16/h7-11H,1-2H2,3-6H3/b12-9+,13-10+. The lowest BCUT2D eigenvalue weighted by Gasteiger charge is -2.32. The van der Waals surface area contributed by atoms with E-state index in [0.717, 1.165) is 11.8 Å². The van der Waals surface area contributed by atoms with Crippen molar-refractivity contribution in [3.63, 3.8) is 0 Å². The van der Waals surface area contributed by atoms with Crippen LogP contribution in [0.15, 0.2) is 48.5 Å². The zero-order valence-corrected chi connectivity index (χ0v) is 12.1. The molecule has 1 aliphatic heterocycles. The zero-order chi connectivity index (χ0) is 14.7. The summed E-state index contributed by atoms with van der Waals surface area (Å²) in [4.78, 5) is 10.7. The highest BCUT2D eigenvalue weighted by atomic mass is 16.7.